The molecule has 1 aliphatic rings. The van der Waals surface area contributed by atoms with Crippen molar-refractivity contribution in [1.82, 2.24) is 4.90 Å². The van der Waals surface area contributed by atoms with Crippen molar-refractivity contribution in [3.05, 3.63) is 0 Å². The number of rotatable bonds is 6. The molecule has 1 rings (SSSR count). The second-order valence-electron chi connectivity index (χ2n) is 5.28. The predicted molar refractivity (Wildman–Crippen MR) is 71.7 cm³/mol. The molecule has 0 bridgehead atoms. The number of likely N-dealkylation sites (tertiary alicyclic amines) is 1. The third-order valence-corrected chi connectivity index (χ3v) is 3.91. The van der Waals surface area contributed by atoms with E-state index >= 15 is 0 Å². The largest absolute Gasteiger partial charge is 0.342 e. The summed E-state index contributed by atoms with van der Waals surface area (Å²) in [5, 5.41) is 0. The molecule has 0 aromatic rings. The van der Waals surface area contributed by atoms with E-state index in [1.54, 1.807) is 0 Å². The van der Waals surface area contributed by atoms with E-state index < -0.39 is 0 Å². The molecule has 2 unspecified atom stereocenters. The molecule has 1 aliphatic heterocycles. The second-order valence-corrected chi connectivity index (χ2v) is 5.28. The maximum Gasteiger partial charge on any atom is 0.225 e. The van der Waals surface area contributed by atoms with Crippen molar-refractivity contribution in [3.8, 4) is 0 Å². The van der Waals surface area contributed by atoms with E-state index in [4.69, 9.17) is 5.73 Å². The minimum Gasteiger partial charge on any atom is -0.342 e. The van der Waals surface area contributed by atoms with Crippen LogP contribution in [0.4, 0.5) is 0 Å². The Labute approximate surface area is 106 Å². The Morgan fingerprint density at radius 2 is 2.24 bits per heavy atom. The summed E-state index contributed by atoms with van der Waals surface area (Å²) in [5.41, 5.74) is 5.72. The quantitative estimate of drug-likeness (QED) is 0.775. The molecule has 1 fully saturated rings. The number of hydrogen-bond donors (Lipinski definition) is 1. The maximum absolute atomic E-state index is 12.4. The normalized spacial score (nSPS) is 22.5. The van der Waals surface area contributed by atoms with Crippen LogP contribution >= 0.6 is 0 Å². The minimum atomic E-state index is 0.242. The van der Waals surface area contributed by atoms with Crippen molar-refractivity contribution in [2.24, 2.45) is 17.6 Å². The van der Waals surface area contributed by atoms with Gasteiger partial charge in [0, 0.05) is 19.0 Å². The Morgan fingerprint density at radius 3 is 2.82 bits per heavy atom. The SMILES string of the molecule is CCCCC(CC)C(=O)N1CCCC(CN)C1. The molecule has 0 aromatic heterocycles. The van der Waals surface area contributed by atoms with Gasteiger partial charge in [0.2, 0.25) is 5.91 Å². The molecule has 0 aliphatic carbocycles. The molecule has 100 valence electrons. The van der Waals surface area contributed by atoms with Crippen LogP contribution in [0, 0.1) is 11.8 Å². The lowest BCUT2D eigenvalue weighted by molar-refractivity contribution is -0.137. The van der Waals surface area contributed by atoms with Gasteiger partial charge in [0.25, 0.3) is 0 Å². The number of carbonyl (C=O) groups excluding carboxylic acids is 1. The highest BCUT2D eigenvalue weighted by Crippen LogP contribution is 2.21. The standard InChI is InChI=1S/C14H28N2O/c1-3-5-8-13(4-2)14(17)16-9-6-7-12(10-15)11-16/h12-13H,3-11,15H2,1-2H3. The average molecular weight is 240 g/mol. The number of amides is 1. The number of nitrogens with two attached hydrogens (primary N) is 1. The van der Waals surface area contributed by atoms with Gasteiger partial charge < -0.3 is 10.6 Å². The first-order chi connectivity index (χ1) is 8.22. The summed E-state index contributed by atoms with van der Waals surface area (Å²) in [6, 6.07) is 0. The van der Waals surface area contributed by atoms with Crippen LogP contribution in [0.15, 0.2) is 0 Å². The number of nitrogens with zero attached hydrogens (tertiary/aromatic N) is 1. The zero-order valence-corrected chi connectivity index (χ0v) is 11.5. The van der Waals surface area contributed by atoms with E-state index in [-0.39, 0.29) is 5.92 Å². The highest BCUT2D eigenvalue weighted by atomic mass is 16.2. The monoisotopic (exact) mass is 240 g/mol. The summed E-state index contributed by atoms with van der Waals surface area (Å²) >= 11 is 0. The average Bonchev–Trinajstić information content (AvgIpc) is 2.39. The van der Waals surface area contributed by atoms with Crippen LogP contribution in [-0.4, -0.2) is 30.4 Å². The Balaban J connectivity index is 2.48. The fraction of sp³-hybridized carbons (Fsp3) is 0.929. The summed E-state index contributed by atoms with van der Waals surface area (Å²) < 4.78 is 0. The van der Waals surface area contributed by atoms with E-state index in [2.05, 4.69) is 18.7 Å². The van der Waals surface area contributed by atoms with Crippen molar-refractivity contribution >= 4 is 5.91 Å². The van der Waals surface area contributed by atoms with Gasteiger partial charge in [-0.15, -0.1) is 0 Å². The zero-order chi connectivity index (χ0) is 12.7. The lowest BCUT2D eigenvalue weighted by Gasteiger charge is -2.34. The van der Waals surface area contributed by atoms with Crippen LogP contribution in [-0.2, 0) is 4.79 Å². The van der Waals surface area contributed by atoms with Gasteiger partial charge in [0.05, 0.1) is 0 Å². The molecular formula is C14H28N2O. The van der Waals surface area contributed by atoms with E-state index in [0.717, 1.165) is 38.9 Å². The Morgan fingerprint density at radius 1 is 1.47 bits per heavy atom. The first kappa shape index (κ1) is 14.5. The molecule has 1 amide bonds. The molecule has 1 heterocycles. The summed E-state index contributed by atoms with van der Waals surface area (Å²) in [4.78, 5) is 14.4. The molecule has 2 N–H and O–H groups in total. The number of piperidine rings is 1. The minimum absolute atomic E-state index is 0.242. The van der Waals surface area contributed by atoms with E-state index in [0.29, 0.717) is 11.8 Å². The topological polar surface area (TPSA) is 46.3 Å². The van der Waals surface area contributed by atoms with Crippen LogP contribution < -0.4 is 5.73 Å². The van der Waals surface area contributed by atoms with Gasteiger partial charge in [-0.05, 0) is 38.1 Å². The first-order valence-corrected chi connectivity index (χ1v) is 7.21. The van der Waals surface area contributed by atoms with Crippen LogP contribution in [0.1, 0.15) is 52.4 Å². The van der Waals surface area contributed by atoms with Crippen molar-refractivity contribution in [2.45, 2.75) is 52.4 Å². The van der Waals surface area contributed by atoms with Crippen molar-refractivity contribution in [1.29, 1.82) is 0 Å². The number of carbonyl (C=O) groups is 1. The summed E-state index contributed by atoms with van der Waals surface area (Å²) in [5.74, 6) is 1.14. The van der Waals surface area contributed by atoms with Gasteiger partial charge in [0.1, 0.15) is 0 Å². The zero-order valence-electron chi connectivity index (χ0n) is 11.5. The van der Waals surface area contributed by atoms with Crippen molar-refractivity contribution < 1.29 is 4.79 Å². The van der Waals surface area contributed by atoms with Gasteiger partial charge in [-0.2, -0.15) is 0 Å². The van der Waals surface area contributed by atoms with E-state index in [9.17, 15) is 4.79 Å². The molecule has 1 saturated heterocycles. The third-order valence-electron chi connectivity index (χ3n) is 3.91. The fourth-order valence-corrected chi connectivity index (χ4v) is 2.67. The number of unbranched alkanes of at least 4 members (excludes halogenated alkanes) is 1. The van der Waals surface area contributed by atoms with Crippen molar-refractivity contribution in [3.63, 3.8) is 0 Å². The Hall–Kier alpha value is -0.570. The Kier molecular flexibility index (Phi) is 6.56. The molecule has 0 radical (unpaired) electrons. The third kappa shape index (κ3) is 4.30. The summed E-state index contributed by atoms with van der Waals surface area (Å²) in [6.45, 7) is 6.86. The molecule has 3 nitrogen and oxygen atoms in total. The van der Waals surface area contributed by atoms with Crippen LogP contribution in [0.2, 0.25) is 0 Å². The fourth-order valence-electron chi connectivity index (χ4n) is 2.67. The van der Waals surface area contributed by atoms with Crippen molar-refractivity contribution in [2.75, 3.05) is 19.6 Å². The second kappa shape index (κ2) is 7.70. The maximum atomic E-state index is 12.4. The molecule has 3 heteroatoms. The molecule has 17 heavy (non-hydrogen) atoms. The van der Waals surface area contributed by atoms with Gasteiger partial charge >= 0.3 is 0 Å². The Bertz CT molecular complexity index is 230. The van der Waals surface area contributed by atoms with Crippen LogP contribution in [0.5, 0.6) is 0 Å². The highest BCUT2D eigenvalue weighted by Gasteiger charge is 2.26. The van der Waals surface area contributed by atoms with Crippen LogP contribution in [0.25, 0.3) is 0 Å². The molecule has 0 saturated carbocycles. The lowest BCUT2D eigenvalue weighted by atomic mass is 9.93. The van der Waals surface area contributed by atoms with Gasteiger partial charge in [-0.25, -0.2) is 0 Å². The lowest BCUT2D eigenvalue weighted by Crippen LogP contribution is -2.44. The van der Waals surface area contributed by atoms with Gasteiger partial charge in [0.15, 0.2) is 0 Å². The molecule has 0 spiro atoms. The summed E-state index contributed by atoms with van der Waals surface area (Å²) in [7, 11) is 0. The molecular weight excluding hydrogens is 212 g/mol. The smallest absolute Gasteiger partial charge is 0.225 e. The molecule has 2 atom stereocenters. The first-order valence-electron chi connectivity index (χ1n) is 7.21. The van der Waals surface area contributed by atoms with Crippen LogP contribution in [0.3, 0.4) is 0 Å². The number of hydrogen-bond acceptors (Lipinski definition) is 2. The van der Waals surface area contributed by atoms with Gasteiger partial charge in [-0.3, -0.25) is 4.79 Å². The van der Waals surface area contributed by atoms with Gasteiger partial charge in [-0.1, -0.05) is 26.7 Å². The predicted octanol–water partition coefficient (Wildman–Crippen LogP) is 2.40. The summed E-state index contributed by atoms with van der Waals surface area (Å²) in [6.07, 6.45) is 6.68. The molecule has 0 aromatic carbocycles. The highest BCUT2D eigenvalue weighted by molar-refractivity contribution is 5.78. The van der Waals surface area contributed by atoms with E-state index in [1.165, 1.54) is 19.3 Å². The van der Waals surface area contributed by atoms with E-state index in [1.807, 2.05) is 0 Å².